The number of hydrogen-bond donors (Lipinski definition) is 0. The van der Waals surface area contributed by atoms with Crippen molar-refractivity contribution in [1.82, 2.24) is 0 Å². The summed E-state index contributed by atoms with van der Waals surface area (Å²) < 4.78 is 145. The predicted octanol–water partition coefficient (Wildman–Crippen LogP) is 10.9. The minimum absolute atomic E-state index is 0.0279. The minimum Gasteiger partial charge on any atom is -0.455 e. The van der Waals surface area contributed by atoms with Crippen LogP contribution in [0.2, 0.25) is 0 Å². The summed E-state index contributed by atoms with van der Waals surface area (Å²) in [6.07, 6.45) is 0. The maximum absolute atomic E-state index is 9.64. The van der Waals surface area contributed by atoms with Crippen LogP contribution in [0.15, 0.2) is 150 Å². The van der Waals surface area contributed by atoms with Crippen LogP contribution in [0, 0.1) is 0 Å². The lowest BCUT2D eigenvalue weighted by molar-refractivity contribution is 0.670. The van der Waals surface area contributed by atoms with Crippen molar-refractivity contribution in [2.24, 2.45) is 0 Å². The van der Waals surface area contributed by atoms with Gasteiger partial charge >= 0.3 is 0 Å². The molecule has 1 heterocycles. The van der Waals surface area contributed by atoms with E-state index < -0.39 is 102 Å². The highest BCUT2D eigenvalue weighted by Gasteiger charge is 2.21. The van der Waals surface area contributed by atoms with E-state index in [2.05, 4.69) is 0 Å². The molecule has 182 valence electrons. The number of para-hydroxylation sites is 1. The topological polar surface area (TPSA) is 13.1 Å². The van der Waals surface area contributed by atoms with E-state index in [9.17, 15) is 2.74 Å². The predicted molar refractivity (Wildman–Crippen MR) is 165 cm³/mol. The van der Waals surface area contributed by atoms with Crippen molar-refractivity contribution >= 4 is 43.5 Å². The van der Waals surface area contributed by atoms with Gasteiger partial charge in [-0.25, -0.2) is 0 Å². The van der Waals surface area contributed by atoms with Gasteiger partial charge in [0.1, 0.15) is 11.2 Å². The molecule has 1 heteroatoms. The lowest BCUT2D eigenvalue weighted by Crippen LogP contribution is -1.91. The average Bonchev–Trinajstić information content (AvgIpc) is 3.58. The summed E-state index contributed by atoms with van der Waals surface area (Å²) in [6.45, 7) is 0. The molecule has 0 N–H and O–H groups in total. The first-order valence-electron chi connectivity index (χ1n) is 20.1. The first-order valence-corrected chi connectivity index (χ1v) is 12.1. The van der Waals surface area contributed by atoms with E-state index in [4.69, 9.17) is 23.6 Å². The van der Waals surface area contributed by atoms with Gasteiger partial charge in [0.15, 0.2) is 0 Å². The molecule has 0 unspecified atom stereocenters. The van der Waals surface area contributed by atoms with Crippen LogP contribution in [0.3, 0.4) is 0 Å². The summed E-state index contributed by atoms with van der Waals surface area (Å²) in [6, 6.07) is 4.01. The molecule has 0 amide bonds. The number of fused-ring (bicyclic) bond motifs is 5. The molecule has 0 bridgehead atoms. The Morgan fingerprint density at radius 2 is 0.949 bits per heavy atom. The van der Waals surface area contributed by atoms with Crippen LogP contribution in [-0.4, -0.2) is 0 Å². The molecule has 1 nitrogen and oxygen atoms in total. The van der Waals surface area contributed by atoms with Crippen LogP contribution < -0.4 is 0 Å². The van der Waals surface area contributed by atoms with Gasteiger partial charge in [-0.15, -0.1) is 0 Å². The minimum atomic E-state index is -0.709. The molecule has 39 heavy (non-hydrogen) atoms. The molecule has 0 aliphatic carbocycles. The largest absolute Gasteiger partial charge is 0.455 e. The number of furan rings is 1. The van der Waals surface area contributed by atoms with E-state index in [1.807, 2.05) is 0 Å². The van der Waals surface area contributed by atoms with Crippen LogP contribution in [0.5, 0.6) is 0 Å². The van der Waals surface area contributed by atoms with Gasteiger partial charge in [0.2, 0.25) is 0 Å². The molecular weight excluding hydrogens is 472 g/mol. The molecule has 0 saturated heterocycles. The molecule has 0 atom stereocenters. The monoisotopic (exact) mass is 512 g/mol. The summed E-state index contributed by atoms with van der Waals surface area (Å²) in [7, 11) is 0. The van der Waals surface area contributed by atoms with E-state index in [1.165, 1.54) is 0 Å². The van der Waals surface area contributed by atoms with Crippen molar-refractivity contribution < 1.29 is 26.3 Å². The van der Waals surface area contributed by atoms with E-state index >= 15 is 0 Å². The summed E-state index contributed by atoms with van der Waals surface area (Å²) in [4.78, 5) is 0. The molecule has 0 fully saturated rings. The van der Waals surface area contributed by atoms with Crippen LogP contribution in [0.4, 0.5) is 0 Å². The third-order valence-corrected chi connectivity index (χ3v) is 6.81. The molecule has 1 aromatic heterocycles. The fourth-order valence-corrected chi connectivity index (χ4v) is 5.26. The Hall–Kier alpha value is -5.14. The highest BCUT2D eigenvalue weighted by atomic mass is 16.3. The van der Waals surface area contributed by atoms with E-state index in [1.54, 1.807) is 48.5 Å². The normalized spacial score (nSPS) is 17.3. The molecular formula is C38H24O. The molecule has 8 rings (SSSR count). The van der Waals surface area contributed by atoms with Crippen molar-refractivity contribution in [2.75, 3.05) is 0 Å². The number of benzene rings is 7. The molecule has 7 aromatic carbocycles. The molecule has 0 radical (unpaired) electrons. The lowest BCUT2D eigenvalue weighted by atomic mass is 9.84. The molecule has 0 spiro atoms. The standard InChI is InChI=1S/C38H24O/c1-3-13-25(14-4-1)27-23-24-33(37-32-21-11-12-22-34(32)39-38(27)37)36-30-19-9-7-17-28(30)35(26-15-5-2-6-16-26)29-18-8-10-20-31(29)36/h1-24H/i1D,2D,3D,4D,5D,6D,11D,12D,13D,14D,15D,16D,21D,22D,23D,24D. The van der Waals surface area contributed by atoms with Crippen LogP contribution in [-0.2, 0) is 0 Å². The van der Waals surface area contributed by atoms with Gasteiger partial charge in [-0.1, -0.05) is 133 Å². The molecule has 8 aromatic rings. The van der Waals surface area contributed by atoms with Gasteiger partial charge in [-0.05, 0) is 61.4 Å². The second-order valence-electron chi connectivity index (χ2n) is 8.85. The zero-order valence-electron chi connectivity index (χ0n) is 36.0. The van der Waals surface area contributed by atoms with Gasteiger partial charge in [-0.2, -0.15) is 0 Å². The zero-order valence-corrected chi connectivity index (χ0v) is 20.0. The number of rotatable bonds is 3. The Bertz CT molecular complexity index is 2940. The zero-order chi connectivity index (χ0) is 39.7. The molecule has 0 saturated carbocycles. The summed E-state index contributed by atoms with van der Waals surface area (Å²) >= 11 is 0. The summed E-state index contributed by atoms with van der Waals surface area (Å²) in [5.41, 5.74) is -0.991. The highest BCUT2D eigenvalue weighted by molar-refractivity contribution is 6.26. The van der Waals surface area contributed by atoms with Crippen LogP contribution in [0.25, 0.3) is 76.9 Å². The van der Waals surface area contributed by atoms with Crippen LogP contribution >= 0.6 is 0 Å². The third-order valence-electron chi connectivity index (χ3n) is 6.81. The van der Waals surface area contributed by atoms with Gasteiger partial charge < -0.3 is 4.42 Å². The summed E-state index contributed by atoms with van der Waals surface area (Å²) in [5.74, 6) is 0. The van der Waals surface area contributed by atoms with Crippen molar-refractivity contribution in [3.63, 3.8) is 0 Å². The Labute approximate surface area is 249 Å². The van der Waals surface area contributed by atoms with Gasteiger partial charge in [0.05, 0.1) is 21.9 Å². The lowest BCUT2D eigenvalue weighted by Gasteiger charge is -2.18. The highest BCUT2D eigenvalue weighted by Crippen LogP contribution is 2.48. The maximum atomic E-state index is 9.64. The Morgan fingerprint density at radius 3 is 1.59 bits per heavy atom. The number of hydrogen-bond acceptors (Lipinski definition) is 1. The first-order chi connectivity index (χ1) is 26.0. The van der Waals surface area contributed by atoms with Gasteiger partial charge in [0, 0.05) is 16.3 Å². The van der Waals surface area contributed by atoms with Crippen molar-refractivity contribution in [3.05, 3.63) is 145 Å². The fraction of sp³-hybridized carbons (Fsp3) is 0. The second-order valence-corrected chi connectivity index (χ2v) is 8.85. The Balaban J connectivity index is 1.67. The van der Waals surface area contributed by atoms with Crippen molar-refractivity contribution in [2.45, 2.75) is 0 Å². The Kier molecular flexibility index (Phi) is 2.53. The maximum Gasteiger partial charge on any atom is 0.143 e. The van der Waals surface area contributed by atoms with Gasteiger partial charge in [-0.3, -0.25) is 0 Å². The quantitative estimate of drug-likeness (QED) is 0.215. The molecule has 0 aliphatic heterocycles. The third kappa shape index (κ3) is 3.34. The second kappa shape index (κ2) is 8.72. The van der Waals surface area contributed by atoms with E-state index in [0.717, 1.165) is 0 Å². The average molecular weight is 513 g/mol. The van der Waals surface area contributed by atoms with Crippen LogP contribution in [0.1, 0.15) is 21.9 Å². The van der Waals surface area contributed by atoms with Crippen molar-refractivity contribution in [1.29, 1.82) is 0 Å². The fourth-order valence-electron chi connectivity index (χ4n) is 5.26. The smallest absolute Gasteiger partial charge is 0.143 e. The first kappa shape index (κ1) is 11.3. The van der Waals surface area contributed by atoms with E-state index in [0.29, 0.717) is 27.1 Å². The molecule has 0 aliphatic rings. The SMILES string of the molecule is [2H]c1c([2H])c([2H])c(-c2c3ccccc3c(-c3c([2H])c([2H])c(-c4c([2H])c([2H])c([2H])c([2H])c4[2H])c4oc5c([2H])c([2H])c([2H])c([2H])c5c34)c3ccccc23)c([2H])c1[2H]. The van der Waals surface area contributed by atoms with E-state index in [-0.39, 0.29) is 44.2 Å². The van der Waals surface area contributed by atoms with Gasteiger partial charge in [0.25, 0.3) is 0 Å². The van der Waals surface area contributed by atoms with Crippen molar-refractivity contribution in [3.8, 4) is 33.4 Å². The Morgan fingerprint density at radius 1 is 0.436 bits per heavy atom. The summed E-state index contributed by atoms with van der Waals surface area (Å²) in [5, 5.41) is 1.35.